The highest BCUT2D eigenvalue weighted by Gasteiger charge is 2.24. The quantitative estimate of drug-likeness (QED) is 0.249. The number of nitrogens with one attached hydrogen (secondary N) is 2. The van der Waals surface area contributed by atoms with Crippen LogP contribution in [0.5, 0.6) is 0 Å². The Labute approximate surface area is 188 Å². The van der Waals surface area contributed by atoms with Crippen molar-refractivity contribution in [2.45, 2.75) is 32.2 Å². The number of carbonyl (C=O) groups is 1. The van der Waals surface area contributed by atoms with Crippen LogP contribution in [0.3, 0.4) is 0 Å². The number of likely N-dealkylation sites (N-methyl/N-ethyl adjacent to an activating group) is 1. The number of nitrogens with zero attached hydrogens (tertiary/aromatic N) is 3. The molecule has 1 heterocycles. The Morgan fingerprint density at radius 1 is 1.43 bits per heavy atom. The lowest BCUT2D eigenvalue weighted by Crippen LogP contribution is -2.45. The number of amides is 1. The molecule has 0 aliphatic carbocycles. The summed E-state index contributed by atoms with van der Waals surface area (Å²) in [4.78, 5) is 19.9. The molecule has 28 heavy (non-hydrogen) atoms. The molecular formula is C19H30ClFIN5O. The molecule has 0 spiro atoms. The number of benzene rings is 1. The van der Waals surface area contributed by atoms with E-state index in [1.165, 1.54) is 11.0 Å². The molecule has 1 amide bonds. The molecule has 1 aliphatic heterocycles. The largest absolute Gasteiger partial charge is 0.369 e. The van der Waals surface area contributed by atoms with Gasteiger partial charge in [-0.2, -0.15) is 0 Å². The molecule has 0 radical (unpaired) electrons. The van der Waals surface area contributed by atoms with Crippen LogP contribution in [-0.2, 0) is 4.79 Å². The van der Waals surface area contributed by atoms with Gasteiger partial charge in [0.25, 0.3) is 0 Å². The van der Waals surface area contributed by atoms with Crippen molar-refractivity contribution >= 4 is 53.1 Å². The Hall–Kier alpha value is -1.29. The van der Waals surface area contributed by atoms with E-state index in [9.17, 15) is 9.18 Å². The number of carbonyl (C=O) groups excluding carboxylic acids is 1. The molecule has 1 fully saturated rings. The van der Waals surface area contributed by atoms with E-state index >= 15 is 0 Å². The Kier molecular flexibility index (Phi) is 10.9. The summed E-state index contributed by atoms with van der Waals surface area (Å²) in [5, 5.41) is 6.82. The van der Waals surface area contributed by atoms with Gasteiger partial charge in [0.2, 0.25) is 5.91 Å². The summed E-state index contributed by atoms with van der Waals surface area (Å²) in [5.74, 6) is 0.195. The second-order valence-corrected chi connectivity index (χ2v) is 7.31. The van der Waals surface area contributed by atoms with Crippen LogP contribution in [0, 0.1) is 5.82 Å². The third kappa shape index (κ3) is 7.62. The van der Waals surface area contributed by atoms with Crippen molar-refractivity contribution in [3.8, 4) is 0 Å². The number of guanidine groups is 1. The van der Waals surface area contributed by atoms with Crippen molar-refractivity contribution in [2.24, 2.45) is 4.99 Å². The first kappa shape index (κ1) is 24.7. The predicted molar refractivity (Wildman–Crippen MR) is 124 cm³/mol. The number of rotatable bonds is 7. The van der Waals surface area contributed by atoms with Crippen LogP contribution < -0.4 is 15.5 Å². The van der Waals surface area contributed by atoms with E-state index < -0.39 is 5.82 Å². The molecule has 1 aromatic carbocycles. The van der Waals surface area contributed by atoms with Crippen LogP contribution in [-0.4, -0.2) is 63.1 Å². The molecule has 0 saturated carbocycles. The predicted octanol–water partition coefficient (Wildman–Crippen LogP) is 3.10. The lowest BCUT2D eigenvalue weighted by atomic mass is 10.2. The van der Waals surface area contributed by atoms with Crippen LogP contribution in [0.4, 0.5) is 10.1 Å². The average molecular weight is 526 g/mol. The normalized spacial score (nSPS) is 16.5. The van der Waals surface area contributed by atoms with Crippen molar-refractivity contribution in [2.75, 3.05) is 45.2 Å². The van der Waals surface area contributed by atoms with Gasteiger partial charge in [-0.15, -0.1) is 24.0 Å². The van der Waals surface area contributed by atoms with E-state index in [2.05, 4.69) is 27.4 Å². The smallest absolute Gasteiger partial charge is 0.243 e. The highest BCUT2D eigenvalue weighted by Crippen LogP contribution is 2.25. The summed E-state index contributed by atoms with van der Waals surface area (Å²) < 4.78 is 13.7. The topological polar surface area (TPSA) is 60.0 Å². The summed E-state index contributed by atoms with van der Waals surface area (Å²) in [6, 6.07) is 5.05. The summed E-state index contributed by atoms with van der Waals surface area (Å²) in [6.45, 7) is 4.58. The maximum Gasteiger partial charge on any atom is 0.243 e. The molecule has 1 atom stereocenters. The van der Waals surface area contributed by atoms with E-state index in [0.717, 1.165) is 44.6 Å². The van der Waals surface area contributed by atoms with Crippen LogP contribution in [0.25, 0.3) is 0 Å². The fraction of sp³-hybridized carbons (Fsp3) is 0.579. The van der Waals surface area contributed by atoms with Gasteiger partial charge in [-0.25, -0.2) is 9.38 Å². The molecule has 1 unspecified atom stereocenters. The van der Waals surface area contributed by atoms with Crippen molar-refractivity contribution in [3.63, 3.8) is 0 Å². The lowest BCUT2D eigenvalue weighted by molar-refractivity contribution is -0.127. The van der Waals surface area contributed by atoms with Crippen LogP contribution >= 0.6 is 35.6 Å². The first-order valence-corrected chi connectivity index (χ1v) is 9.73. The number of unbranched alkanes of at least 4 members (excludes halogenated alkanes) is 1. The standard InChI is InChI=1S/C19H29ClFN5O.HI/c1-4-5-9-22-19(23-12-18(27)25(2)3)24-14-8-10-26(13-14)15-6-7-16(20)17(21)11-15;/h6-7,11,14H,4-5,8-10,12-13H2,1-3H3,(H2,22,23,24);1H. The molecule has 2 rings (SSSR count). The molecule has 1 saturated heterocycles. The minimum Gasteiger partial charge on any atom is -0.369 e. The van der Waals surface area contributed by atoms with E-state index in [1.54, 1.807) is 20.2 Å². The van der Waals surface area contributed by atoms with Gasteiger partial charge in [-0.1, -0.05) is 24.9 Å². The number of aliphatic imine (C=N–C) groups is 1. The molecule has 9 heteroatoms. The van der Waals surface area contributed by atoms with Crippen molar-refractivity contribution in [1.29, 1.82) is 0 Å². The highest BCUT2D eigenvalue weighted by atomic mass is 127. The SMILES string of the molecule is CCCCNC(=NCC(=O)N(C)C)NC1CCN(c2ccc(Cl)c(F)c2)C1.I. The molecule has 1 aliphatic rings. The minimum atomic E-state index is -0.406. The number of anilines is 1. The third-order valence-electron chi connectivity index (χ3n) is 4.49. The zero-order valence-electron chi connectivity index (χ0n) is 16.7. The van der Waals surface area contributed by atoms with E-state index in [-0.39, 0.29) is 47.5 Å². The van der Waals surface area contributed by atoms with E-state index in [4.69, 9.17) is 11.6 Å². The molecule has 158 valence electrons. The molecule has 6 nitrogen and oxygen atoms in total. The second kappa shape index (κ2) is 12.3. The van der Waals surface area contributed by atoms with Gasteiger partial charge in [0.15, 0.2) is 5.96 Å². The number of halogens is 3. The van der Waals surface area contributed by atoms with Crippen molar-refractivity contribution < 1.29 is 9.18 Å². The molecular weight excluding hydrogens is 496 g/mol. The van der Waals surface area contributed by atoms with E-state index in [0.29, 0.717) is 5.96 Å². The Morgan fingerprint density at radius 2 is 2.18 bits per heavy atom. The Morgan fingerprint density at radius 3 is 2.82 bits per heavy atom. The molecule has 0 aromatic heterocycles. The first-order chi connectivity index (χ1) is 12.9. The average Bonchev–Trinajstić information content (AvgIpc) is 3.10. The van der Waals surface area contributed by atoms with Gasteiger partial charge < -0.3 is 20.4 Å². The van der Waals surface area contributed by atoms with E-state index in [1.807, 2.05) is 6.07 Å². The fourth-order valence-electron chi connectivity index (χ4n) is 2.81. The van der Waals surface area contributed by atoms with Gasteiger partial charge in [0.05, 0.1) is 5.02 Å². The Balaban J connectivity index is 0.00000392. The third-order valence-corrected chi connectivity index (χ3v) is 4.80. The van der Waals surface area contributed by atoms with Gasteiger partial charge in [0, 0.05) is 45.5 Å². The summed E-state index contributed by atoms with van der Waals surface area (Å²) in [6.07, 6.45) is 3.01. The fourth-order valence-corrected chi connectivity index (χ4v) is 2.93. The van der Waals surface area contributed by atoms with Crippen LogP contribution in [0.15, 0.2) is 23.2 Å². The van der Waals surface area contributed by atoms with Crippen molar-refractivity contribution in [1.82, 2.24) is 15.5 Å². The van der Waals surface area contributed by atoms with Crippen LogP contribution in [0.2, 0.25) is 5.02 Å². The highest BCUT2D eigenvalue weighted by molar-refractivity contribution is 14.0. The van der Waals surface area contributed by atoms with Gasteiger partial charge in [-0.05, 0) is 31.0 Å². The monoisotopic (exact) mass is 525 g/mol. The number of hydrogen-bond donors (Lipinski definition) is 2. The second-order valence-electron chi connectivity index (χ2n) is 6.91. The van der Waals surface area contributed by atoms with Gasteiger partial charge >= 0.3 is 0 Å². The lowest BCUT2D eigenvalue weighted by Gasteiger charge is -2.21. The summed E-state index contributed by atoms with van der Waals surface area (Å²) >= 11 is 5.77. The van der Waals surface area contributed by atoms with Gasteiger partial charge in [0.1, 0.15) is 12.4 Å². The molecule has 2 N–H and O–H groups in total. The zero-order chi connectivity index (χ0) is 19.8. The van der Waals surface area contributed by atoms with Crippen molar-refractivity contribution in [3.05, 3.63) is 29.0 Å². The molecule has 0 bridgehead atoms. The first-order valence-electron chi connectivity index (χ1n) is 9.35. The van der Waals surface area contributed by atoms with Crippen LogP contribution in [0.1, 0.15) is 26.2 Å². The minimum absolute atomic E-state index is 0. The number of hydrogen-bond acceptors (Lipinski definition) is 3. The summed E-state index contributed by atoms with van der Waals surface area (Å²) in [7, 11) is 3.44. The zero-order valence-corrected chi connectivity index (χ0v) is 19.8. The molecule has 1 aromatic rings. The summed E-state index contributed by atoms with van der Waals surface area (Å²) in [5.41, 5.74) is 0.821. The van der Waals surface area contributed by atoms with Gasteiger partial charge in [-0.3, -0.25) is 4.79 Å². The Bertz CT molecular complexity index is 674. The maximum atomic E-state index is 13.7. The maximum absolute atomic E-state index is 13.7.